The molecule has 3 heteroatoms. The Bertz CT molecular complexity index is 632. The average molecular weight is 296 g/mol. The molecule has 0 atom stereocenters. The first kappa shape index (κ1) is 15.8. The lowest BCUT2D eigenvalue weighted by molar-refractivity contribution is -0.139. The van der Waals surface area contributed by atoms with Crippen molar-refractivity contribution in [3.05, 3.63) is 72.3 Å². The number of rotatable bonds is 7. The van der Waals surface area contributed by atoms with Crippen LogP contribution in [0.3, 0.4) is 0 Å². The lowest BCUT2D eigenvalue weighted by Crippen LogP contribution is -2.06. The van der Waals surface area contributed by atoms with Crippen LogP contribution in [0.1, 0.15) is 18.9 Å². The van der Waals surface area contributed by atoms with Gasteiger partial charge in [0.05, 0.1) is 6.61 Å². The van der Waals surface area contributed by atoms with Crippen LogP contribution in [-0.4, -0.2) is 12.6 Å². The minimum atomic E-state index is -0.332. The molecule has 0 unspecified atom stereocenters. The molecule has 0 saturated carbocycles. The molecule has 2 aromatic carbocycles. The highest BCUT2D eigenvalue weighted by Gasteiger charge is 2.03. The minimum Gasteiger partial charge on any atom is -0.462 e. The van der Waals surface area contributed by atoms with Crippen molar-refractivity contribution < 1.29 is 14.3 Å². The Balaban J connectivity index is 1.84. The van der Waals surface area contributed by atoms with Gasteiger partial charge in [-0.2, -0.15) is 0 Å². The molecule has 3 nitrogen and oxygen atoms in total. The summed E-state index contributed by atoms with van der Waals surface area (Å²) in [5.74, 6) is 1.29. The molecule has 0 saturated heterocycles. The maximum Gasteiger partial charge on any atom is 0.333 e. The number of carbonyl (C=O) groups is 1. The van der Waals surface area contributed by atoms with E-state index in [1.165, 1.54) is 0 Å². The Labute approximate surface area is 131 Å². The summed E-state index contributed by atoms with van der Waals surface area (Å²) in [7, 11) is 0. The lowest BCUT2D eigenvalue weighted by atomic mass is 10.1. The highest BCUT2D eigenvalue weighted by molar-refractivity contribution is 5.86. The summed E-state index contributed by atoms with van der Waals surface area (Å²) < 4.78 is 10.9. The fourth-order valence-electron chi connectivity index (χ4n) is 1.95. The van der Waals surface area contributed by atoms with Gasteiger partial charge in [-0.05, 0) is 49.6 Å². The lowest BCUT2D eigenvalue weighted by Gasteiger charge is -2.08. The van der Waals surface area contributed by atoms with Crippen molar-refractivity contribution in [2.75, 3.05) is 6.61 Å². The number of hydrogen-bond donors (Lipinski definition) is 0. The number of esters is 1. The smallest absolute Gasteiger partial charge is 0.333 e. The van der Waals surface area contributed by atoms with Gasteiger partial charge < -0.3 is 9.47 Å². The van der Waals surface area contributed by atoms with E-state index >= 15 is 0 Å². The third-order valence-electron chi connectivity index (χ3n) is 3.07. The molecule has 114 valence electrons. The van der Waals surface area contributed by atoms with Gasteiger partial charge in [-0.15, -0.1) is 0 Å². The van der Waals surface area contributed by atoms with E-state index in [4.69, 9.17) is 9.47 Å². The van der Waals surface area contributed by atoms with Crippen LogP contribution in [0.4, 0.5) is 0 Å². The third-order valence-corrected chi connectivity index (χ3v) is 3.07. The summed E-state index contributed by atoms with van der Waals surface area (Å²) in [5, 5.41) is 0. The maximum absolute atomic E-state index is 11.3. The standard InChI is InChI=1S/C19H20O3/c1-15(2)19(20)21-13-7-9-16-8-6-12-18(14-16)22-17-10-4-3-5-11-17/h3-6,8,10-12,14H,1,7,9,13H2,2H3. The third kappa shape index (κ3) is 5.09. The van der Waals surface area contributed by atoms with E-state index in [-0.39, 0.29) is 5.97 Å². The molecule has 2 rings (SSSR count). The Morgan fingerprint density at radius 1 is 1.05 bits per heavy atom. The Kier molecular flexibility index (Phi) is 5.78. The molecule has 0 spiro atoms. The number of para-hydroxylation sites is 1. The zero-order valence-corrected chi connectivity index (χ0v) is 12.7. The van der Waals surface area contributed by atoms with Crippen LogP contribution in [-0.2, 0) is 16.0 Å². The van der Waals surface area contributed by atoms with Crippen molar-refractivity contribution >= 4 is 5.97 Å². The zero-order chi connectivity index (χ0) is 15.8. The molecule has 0 N–H and O–H groups in total. The molecule has 0 aliphatic carbocycles. The molecular weight excluding hydrogens is 276 g/mol. The van der Waals surface area contributed by atoms with Crippen molar-refractivity contribution in [3.63, 3.8) is 0 Å². The van der Waals surface area contributed by atoms with Crippen molar-refractivity contribution in [2.24, 2.45) is 0 Å². The van der Waals surface area contributed by atoms with Gasteiger partial charge in [0.2, 0.25) is 0 Å². The number of ether oxygens (including phenoxy) is 2. The molecule has 0 aromatic heterocycles. The predicted octanol–water partition coefficient (Wildman–Crippen LogP) is 4.53. The molecule has 2 aromatic rings. The number of carbonyl (C=O) groups excluding carboxylic acids is 1. The van der Waals surface area contributed by atoms with Gasteiger partial charge in [-0.3, -0.25) is 0 Å². The van der Waals surface area contributed by atoms with Crippen molar-refractivity contribution in [1.82, 2.24) is 0 Å². The van der Waals surface area contributed by atoms with E-state index < -0.39 is 0 Å². The quantitative estimate of drug-likeness (QED) is 0.428. The average Bonchev–Trinajstić information content (AvgIpc) is 2.52. The maximum atomic E-state index is 11.3. The second-order valence-electron chi connectivity index (χ2n) is 5.08. The first-order valence-corrected chi connectivity index (χ1v) is 7.29. The Hall–Kier alpha value is -2.55. The monoisotopic (exact) mass is 296 g/mol. The van der Waals surface area contributed by atoms with Crippen molar-refractivity contribution in [2.45, 2.75) is 19.8 Å². The van der Waals surface area contributed by atoms with Gasteiger partial charge in [0.15, 0.2) is 0 Å². The fraction of sp³-hybridized carbons (Fsp3) is 0.211. The number of aryl methyl sites for hydroxylation is 1. The number of benzene rings is 2. The molecular formula is C19H20O3. The van der Waals surface area contributed by atoms with E-state index in [0.717, 1.165) is 29.9 Å². The van der Waals surface area contributed by atoms with E-state index in [1.54, 1.807) is 6.92 Å². The first-order valence-electron chi connectivity index (χ1n) is 7.29. The van der Waals surface area contributed by atoms with Gasteiger partial charge in [0.25, 0.3) is 0 Å². The van der Waals surface area contributed by atoms with Crippen molar-refractivity contribution in [1.29, 1.82) is 0 Å². The second-order valence-corrected chi connectivity index (χ2v) is 5.08. The summed E-state index contributed by atoms with van der Waals surface area (Å²) in [4.78, 5) is 11.3. The minimum absolute atomic E-state index is 0.332. The molecule has 0 bridgehead atoms. The highest BCUT2D eigenvalue weighted by Crippen LogP contribution is 2.22. The van der Waals surface area contributed by atoms with E-state index in [2.05, 4.69) is 6.58 Å². The Morgan fingerprint density at radius 3 is 2.50 bits per heavy atom. The van der Waals surface area contributed by atoms with Crippen LogP contribution in [0.15, 0.2) is 66.7 Å². The SMILES string of the molecule is C=C(C)C(=O)OCCCc1cccc(Oc2ccccc2)c1. The summed E-state index contributed by atoms with van der Waals surface area (Å²) >= 11 is 0. The van der Waals surface area contributed by atoms with Crippen LogP contribution in [0.2, 0.25) is 0 Å². The van der Waals surface area contributed by atoms with Gasteiger partial charge in [0, 0.05) is 5.57 Å². The number of hydrogen-bond acceptors (Lipinski definition) is 3. The summed E-state index contributed by atoms with van der Waals surface area (Å²) in [5.41, 5.74) is 1.58. The second kappa shape index (κ2) is 8.03. The van der Waals surface area contributed by atoms with Crippen LogP contribution < -0.4 is 4.74 Å². The largest absolute Gasteiger partial charge is 0.462 e. The molecule has 0 radical (unpaired) electrons. The predicted molar refractivity (Wildman–Crippen MR) is 87.1 cm³/mol. The zero-order valence-electron chi connectivity index (χ0n) is 12.7. The van der Waals surface area contributed by atoms with E-state index in [1.807, 2.05) is 54.6 Å². The van der Waals surface area contributed by atoms with E-state index in [9.17, 15) is 4.79 Å². The van der Waals surface area contributed by atoms with Gasteiger partial charge in [-0.25, -0.2) is 4.79 Å². The molecule has 0 heterocycles. The molecule has 0 aliphatic heterocycles. The summed E-state index contributed by atoms with van der Waals surface area (Å²) in [6.45, 7) is 5.60. The normalized spacial score (nSPS) is 10.0. The van der Waals surface area contributed by atoms with Crippen LogP contribution in [0, 0.1) is 0 Å². The van der Waals surface area contributed by atoms with Gasteiger partial charge >= 0.3 is 5.97 Å². The van der Waals surface area contributed by atoms with Gasteiger partial charge in [-0.1, -0.05) is 36.9 Å². The molecule has 22 heavy (non-hydrogen) atoms. The Morgan fingerprint density at radius 2 is 1.77 bits per heavy atom. The highest BCUT2D eigenvalue weighted by atomic mass is 16.5. The molecule has 0 aliphatic rings. The summed E-state index contributed by atoms with van der Waals surface area (Å²) in [6.07, 6.45) is 1.60. The van der Waals surface area contributed by atoms with Gasteiger partial charge in [0.1, 0.15) is 11.5 Å². The fourth-order valence-corrected chi connectivity index (χ4v) is 1.95. The van der Waals surface area contributed by atoms with Crippen molar-refractivity contribution in [3.8, 4) is 11.5 Å². The van der Waals surface area contributed by atoms with Crippen LogP contribution in [0.5, 0.6) is 11.5 Å². The van der Waals surface area contributed by atoms with Crippen LogP contribution in [0.25, 0.3) is 0 Å². The summed E-state index contributed by atoms with van der Waals surface area (Å²) in [6, 6.07) is 17.6. The van der Waals surface area contributed by atoms with Crippen LogP contribution >= 0.6 is 0 Å². The molecule has 0 fully saturated rings. The topological polar surface area (TPSA) is 35.5 Å². The first-order chi connectivity index (χ1) is 10.6. The molecule has 0 amide bonds. The van der Waals surface area contributed by atoms with E-state index in [0.29, 0.717) is 12.2 Å².